The second-order valence-electron chi connectivity index (χ2n) is 7.95. The first kappa shape index (κ1) is 26.5. The number of nitrogens with two attached hydrogens (primary N) is 1. The van der Waals surface area contributed by atoms with E-state index in [1.54, 1.807) is 30.3 Å². The number of carbonyl (C=O) groups is 4. The summed E-state index contributed by atoms with van der Waals surface area (Å²) in [5.41, 5.74) is 6.80. The highest BCUT2D eigenvalue weighted by molar-refractivity contribution is 5.94. The number of amides is 3. The number of carboxylic acids is 1. The van der Waals surface area contributed by atoms with E-state index in [4.69, 9.17) is 5.73 Å². The molecule has 5 atom stereocenters. The molecule has 12 heteroatoms. The van der Waals surface area contributed by atoms with Gasteiger partial charge in [0.25, 0.3) is 0 Å². The van der Waals surface area contributed by atoms with E-state index in [1.807, 2.05) is 0 Å². The van der Waals surface area contributed by atoms with Crippen LogP contribution in [-0.2, 0) is 32.0 Å². The van der Waals surface area contributed by atoms with Gasteiger partial charge in [-0.15, -0.1) is 0 Å². The maximum Gasteiger partial charge on any atom is 0.326 e. The highest BCUT2D eigenvalue weighted by Crippen LogP contribution is 2.06. The number of aromatic nitrogens is 2. The van der Waals surface area contributed by atoms with E-state index in [-0.39, 0.29) is 12.8 Å². The number of hydrogen-bond donors (Lipinski definition) is 7. The number of aromatic amines is 1. The van der Waals surface area contributed by atoms with Gasteiger partial charge in [0.05, 0.1) is 18.5 Å². The lowest BCUT2D eigenvalue weighted by molar-refractivity contribution is -0.143. The molecular weight excluding hydrogens is 444 g/mol. The zero-order valence-corrected chi connectivity index (χ0v) is 18.9. The molecule has 1 aromatic carbocycles. The Bertz CT molecular complexity index is 964. The zero-order chi connectivity index (χ0) is 25.3. The van der Waals surface area contributed by atoms with Crippen LogP contribution in [0.25, 0.3) is 0 Å². The van der Waals surface area contributed by atoms with E-state index in [0.29, 0.717) is 11.3 Å². The highest BCUT2D eigenvalue weighted by atomic mass is 16.4. The number of rotatable bonds is 12. The molecule has 0 bridgehead atoms. The van der Waals surface area contributed by atoms with Crippen molar-refractivity contribution in [3.05, 3.63) is 54.1 Å². The summed E-state index contributed by atoms with van der Waals surface area (Å²) >= 11 is 0. The summed E-state index contributed by atoms with van der Waals surface area (Å²) in [6.45, 7) is 2.73. The number of carboxylic acid groups (broad SMARTS) is 1. The Labute approximate surface area is 196 Å². The molecule has 0 aliphatic rings. The third kappa shape index (κ3) is 7.98. The fourth-order valence-corrected chi connectivity index (χ4v) is 3.10. The Hall–Kier alpha value is -3.77. The zero-order valence-electron chi connectivity index (χ0n) is 18.9. The first-order valence-corrected chi connectivity index (χ1v) is 10.7. The van der Waals surface area contributed by atoms with E-state index >= 15 is 0 Å². The van der Waals surface area contributed by atoms with Gasteiger partial charge in [-0.2, -0.15) is 0 Å². The first-order chi connectivity index (χ1) is 16.1. The Kier molecular flexibility index (Phi) is 9.71. The molecule has 0 aliphatic heterocycles. The number of aliphatic hydroxyl groups is 1. The molecule has 0 aliphatic carbocycles. The average Bonchev–Trinajstić information content (AvgIpc) is 3.29. The van der Waals surface area contributed by atoms with Crippen LogP contribution in [0.3, 0.4) is 0 Å². The minimum absolute atomic E-state index is 0.00921. The highest BCUT2D eigenvalue weighted by Gasteiger charge is 2.32. The maximum atomic E-state index is 12.9. The van der Waals surface area contributed by atoms with Crippen LogP contribution in [-0.4, -0.2) is 74.1 Å². The largest absolute Gasteiger partial charge is 0.480 e. The van der Waals surface area contributed by atoms with Crippen LogP contribution in [0.4, 0.5) is 0 Å². The Balaban J connectivity index is 2.14. The molecule has 12 nitrogen and oxygen atoms in total. The van der Waals surface area contributed by atoms with Gasteiger partial charge in [-0.05, 0) is 19.4 Å². The van der Waals surface area contributed by atoms with Gasteiger partial charge in [0.1, 0.15) is 18.1 Å². The van der Waals surface area contributed by atoms with Crippen molar-refractivity contribution in [2.24, 2.45) is 5.73 Å². The topological polar surface area (TPSA) is 200 Å². The van der Waals surface area contributed by atoms with Crippen molar-refractivity contribution in [2.75, 3.05) is 0 Å². The molecule has 1 aromatic heterocycles. The number of hydrogen-bond acceptors (Lipinski definition) is 7. The van der Waals surface area contributed by atoms with Crippen LogP contribution in [0.15, 0.2) is 42.9 Å². The number of nitrogens with one attached hydrogen (secondary N) is 4. The van der Waals surface area contributed by atoms with Crippen molar-refractivity contribution < 1.29 is 29.4 Å². The van der Waals surface area contributed by atoms with Crippen LogP contribution in [0.1, 0.15) is 25.1 Å². The van der Waals surface area contributed by atoms with Gasteiger partial charge in [-0.3, -0.25) is 14.4 Å². The maximum absolute atomic E-state index is 12.9. The van der Waals surface area contributed by atoms with Crippen LogP contribution in [0.2, 0.25) is 0 Å². The van der Waals surface area contributed by atoms with E-state index < -0.39 is 54.0 Å². The van der Waals surface area contributed by atoms with Crippen molar-refractivity contribution in [1.82, 2.24) is 25.9 Å². The lowest BCUT2D eigenvalue weighted by Gasteiger charge is -2.26. The van der Waals surface area contributed by atoms with Crippen LogP contribution in [0, 0.1) is 0 Å². The molecular formula is C22H30N6O6. The predicted molar refractivity (Wildman–Crippen MR) is 121 cm³/mol. The van der Waals surface area contributed by atoms with Crippen molar-refractivity contribution in [3.8, 4) is 0 Å². The molecule has 5 unspecified atom stereocenters. The molecule has 0 saturated heterocycles. The Morgan fingerprint density at radius 2 is 1.62 bits per heavy atom. The summed E-state index contributed by atoms with van der Waals surface area (Å²) in [6.07, 6.45) is 1.55. The third-order valence-electron chi connectivity index (χ3n) is 4.99. The molecule has 3 amide bonds. The number of carbonyl (C=O) groups excluding carboxylic acids is 3. The van der Waals surface area contributed by atoms with Crippen LogP contribution < -0.4 is 21.7 Å². The molecule has 2 rings (SSSR count). The smallest absolute Gasteiger partial charge is 0.326 e. The Morgan fingerprint density at radius 1 is 0.971 bits per heavy atom. The van der Waals surface area contributed by atoms with Gasteiger partial charge in [-0.25, -0.2) is 9.78 Å². The van der Waals surface area contributed by atoms with Gasteiger partial charge in [-0.1, -0.05) is 30.3 Å². The summed E-state index contributed by atoms with van der Waals surface area (Å²) in [7, 11) is 0. The SMILES string of the molecule is CC(N)C(=O)NC(Cc1cnc[nH]1)C(=O)NC(C(=O)NC(Cc1ccccc1)C(=O)O)C(C)O. The number of H-pyrrole nitrogens is 1. The van der Waals surface area contributed by atoms with E-state index in [0.717, 1.165) is 0 Å². The number of benzene rings is 1. The van der Waals surface area contributed by atoms with Crippen molar-refractivity contribution in [1.29, 1.82) is 0 Å². The van der Waals surface area contributed by atoms with Gasteiger partial charge in [0.15, 0.2) is 0 Å². The second-order valence-corrected chi connectivity index (χ2v) is 7.95. The molecule has 0 saturated carbocycles. The van der Waals surface area contributed by atoms with Gasteiger partial charge in [0.2, 0.25) is 17.7 Å². The number of aliphatic carboxylic acids is 1. The van der Waals surface area contributed by atoms with Crippen molar-refractivity contribution >= 4 is 23.7 Å². The minimum atomic E-state index is -1.47. The average molecular weight is 475 g/mol. The van der Waals surface area contributed by atoms with Gasteiger partial charge >= 0.3 is 5.97 Å². The number of nitrogens with zero attached hydrogens (tertiary/aromatic N) is 1. The second kappa shape index (κ2) is 12.5. The molecule has 0 spiro atoms. The normalized spacial score (nSPS) is 15.3. The van der Waals surface area contributed by atoms with Crippen molar-refractivity contribution in [2.45, 2.75) is 57.0 Å². The van der Waals surface area contributed by atoms with Crippen LogP contribution in [0.5, 0.6) is 0 Å². The predicted octanol–water partition coefficient (Wildman–Crippen LogP) is -1.54. The van der Waals surface area contributed by atoms with Crippen molar-refractivity contribution in [3.63, 3.8) is 0 Å². The van der Waals surface area contributed by atoms with E-state index in [9.17, 15) is 29.4 Å². The summed E-state index contributed by atoms with van der Waals surface area (Å²) in [6, 6.07) is 3.92. The quantitative estimate of drug-likeness (QED) is 0.192. The Morgan fingerprint density at radius 3 is 2.15 bits per heavy atom. The van der Waals surface area contributed by atoms with E-state index in [1.165, 1.54) is 26.4 Å². The summed E-state index contributed by atoms with van der Waals surface area (Å²) in [5, 5.41) is 26.9. The lowest BCUT2D eigenvalue weighted by Crippen LogP contribution is -2.60. The molecule has 0 fully saturated rings. The fraction of sp³-hybridized carbons (Fsp3) is 0.409. The molecule has 0 radical (unpaired) electrons. The fourth-order valence-electron chi connectivity index (χ4n) is 3.10. The minimum Gasteiger partial charge on any atom is -0.480 e. The molecule has 1 heterocycles. The van der Waals surface area contributed by atoms with Gasteiger partial charge in [0, 0.05) is 24.7 Å². The summed E-state index contributed by atoms with van der Waals surface area (Å²) < 4.78 is 0. The number of aliphatic hydroxyl groups excluding tert-OH is 1. The monoisotopic (exact) mass is 474 g/mol. The number of imidazole rings is 1. The summed E-state index contributed by atoms with van der Waals surface area (Å²) in [5.74, 6) is -3.51. The van der Waals surface area contributed by atoms with E-state index in [2.05, 4.69) is 25.9 Å². The van der Waals surface area contributed by atoms with Gasteiger partial charge < -0.3 is 36.9 Å². The molecule has 184 valence electrons. The molecule has 8 N–H and O–H groups in total. The molecule has 2 aromatic rings. The lowest BCUT2D eigenvalue weighted by atomic mass is 10.0. The van der Waals surface area contributed by atoms with Crippen LogP contribution >= 0.6 is 0 Å². The standard InChI is InChI=1S/C22H30N6O6/c1-12(23)19(30)26-16(9-15-10-24-11-25-15)20(31)28-18(13(2)29)21(32)27-17(22(33)34)8-14-6-4-3-5-7-14/h3-7,10-13,16-18,29H,8-9,23H2,1-2H3,(H,24,25)(H,26,30)(H,27,32)(H,28,31)(H,33,34). The molecule has 34 heavy (non-hydrogen) atoms. The third-order valence-corrected chi connectivity index (χ3v) is 4.99. The first-order valence-electron chi connectivity index (χ1n) is 10.7. The summed E-state index contributed by atoms with van der Waals surface area (Å²) in [4.78, 5) is 56.2.